The summed E-state index contributed by atoms with van der Waals surface area (Å²) in [5.41, 5.74) is 0. The van der Waals surface area contributed by atoms with Gasteiger partial charge in [-0.3, -0.25) is 0 Å². The maximum Gasteiger partial charge on any atom is 0.187 e. The normalized spacial score (nSPS) is 46.3. The van der Waals surface area contributed by atoms with Crippen LogP contribution in [0.2, 0.25) is 0 Å². The quantitative estimate of drug-likeness (QED) is 0.0477. The van der Waals surface area contributed by atoms with E-state index in [-0.39, 0.29) is 66.1 Å². The van der Waals surface area contributed by atoms with Gasteiger partial charge in [-0.25, -0.2) is 0 Å². The first-order valence-corrected chi connectivity index (χ1v) is 19.4. The Hall–Kier alpha value is -0.960. The van der Waals surface area contributed by atoms with Crippen molar-refractivity contribution in [2.45, 2.75) is 148 Å². The highest BCUT2D eigenvalue weighted by Gasteiger charge is 2.56. The maximum atomic E-state index is 10.4. The van der Waals surface area contributed by atoms with Crippen molar-refractivity contribution in [1.82, 2.24) is 0 Å². The maximum absolute atomic E-state index is 10.4. The molecule has 58 heavy (non-hydrogen) atoms. The molecule has 0 aromatic rings. The molecule has 0 aromatic carbocycles. The van der Waals surface area contributed by atoms with Crippen LogP contribution in [0.25, 0.3) is 0 Å². The van der Waals surface area contributed by atoms with Crippen molar-refractivity contribution in [1.29, 1.82) is 0 Å². The van der Waals surface area contributed by atoms with Crippen LogP contribution in [-0.4, -0.2) is 262 Å². The Balaban J connectivity index is 0.783. The minimum absolute atomic E-state index is 0.0175. The van der Waals surface area contributed by atoms with E-state index in [0.29, 0.717) is 12.8 Å². The number of fused-ring (bicyclic) bond motifs is 4. The Labute approximate surface area is 332 Å². The lowest BCUT2D eigenvalue weighted by molar-refractivity contribution is -0.338. The average Bonchev–Trinajstić information content (AvgIpc) is 3.69. The number of hydrogen-bond donors (Lipinski definition) is 12. The van der Waals surface area contributed by atoms with Crippen LogP contribution in [0.5, 0.6) is 0 Å². The average molecular weight is 851 g/mol. The Morgan fingerprint density at radius 1 is 0.448 bits per heavy atom. The fourth-order valence-corrected chi connectivity index (χ4v) is 7.43. The molecule has 0 aliphatic carbocycles. The lowest BCUT2D eigenvalue weighted by Gasteiger charge is -2.43. The molecule has 22 unspecified atom stereocenters. The second-order valence-electron chi connectivity index (χ2n) is 15.2. The lowest BCUT2D eigenvalue weighted by atomic mass is 9.98. The van der Waals surface area contributed by atoms with Crippen LogP contribution in [0, 0.1) is 0 Å². The molecule has 6 rings (SSSR count). The van der Waals surface area contributed by atoms with Crippen LogP contribution < -0.4 is 0 Å². The van der Waals surface area contributed by atoms with Gasteiger partial charge in [-0.05, 0) is 12.8 Å². The Bertz CT molecular complexity index is 1140. The molecule has 6 aliphatic rings. The van der Waals surface area contributed by atoms with Crippen LogP contribution in [0.15, 0.2) is 0 Å². The molecule has 6 saturated heterocycles. The molecule has 0 spiro atoms. The SMILES string of the molecule is OC(COCCCCOCC(O)COCC1OC(OC2C3COC2C(O)C(O)O3)C(O)C(O)C1O)COCC1OC(OC2C3COC2C(O)C(O)O3)C(O)C(O)C1O. The molecule has 22 atom stereocenters. The van der Waals surface area contributed by atoms with E-state index in [4.69, 9.17) is 56.8 Å². The molecule has 0 radical (unpaired) electrons. The zero-order valence-electron chi connectivity index (χ0n) is 31.5. The largest absolute Gasteiger partial charge is 0.388 e. The summed E-state index contributed by atoms with van der Waals surface area (Å²) in [4.78, 5) is 0. The first-order chi connectivity index (χ1) is 27.7. The molecule has 0 aromatic heterocycles. The van der Waals surface area contributed by atoms with Crippen LogP contribution in [0.3, 0.4) is 0 Å². The monoisotopic (exact) mass is 850 g/mol. The van der Waals surface area contributed by atoms with E-state index in [9.17, 15) is 61.3 Å². The molecule has 0 amide bonds. The smallest absolute Gasteiger partial charge is 0.187 e. The van der Waals surface area contributed by atoms with E-state index in [0.717, 1.165) is 0 Å². The van der Waals surface area contributed by atoms with Crippen LogP contribution in [-0.2, 0) is 56.8 Å². The second-order valence-corrected chi connectivity index (χ2v) is 15.2. The van der Waals surface area contributed by atoms with Crippen molar-refractivity contribution in [3.05, 3.63) is 0 Å². The summed E-state index contributed by atoms with van der Waals surface area (Å²) in [5, 5.41) is 123. The van der Waals surface area contributed by atoms with Crippen molar-refractivity contribution in [2.75, 3.05) is 66.1 Å². The van der Waals surface area contributed by atoms with Gasteiger partial charge in [-0.15, -0.1) is 0 Å². The van der Waals surface area contributed by atoms with Crippen molar-refractivity contribution in [3.8, 4) is 0 Å². The number of unbranched alkanes of at least 4 members (excludes halogenated alkanes) is 1. The summed E-state index contributed by atoms with van der Waals surface area (Å²) in [6.07, 6.45) is -27.0. The summed E-state index contributed by atoms with van der Waals surface area (Å²) in [6.45, 7) is -0.528. The van der Waals surface area contributed by atoms with Gasteiger partial charge in [0.2, 0.25) is 0 Å². The molecule has 4 bridgehead atoms. The molecule has 6 aliphatic heterocycles. The van der Waals surface area contributed by atoms with Crippen LogP contribution in [0.1, 0.15) is 12.8 Å². The van der Waals surface area contributed by atoms with Gasteiger partial charge in [0.25, 0.3) is 0 Å². The van der Waals surface area contributed by atoms with Gasteiger partial charge in [-0.1, -0.05) is 0 Å². The number of ether oxygens (including phenoxy) is 12. The van der Waals surface area contributed by atoms with E-state index >= 15 is 0 Å². The molecular weight excluding hydrogens is 792 g/mol. The predicted molar refractivity (Wildman–Crippen MR) is 181 cm³/mol. The molecule has 338 valence electrons. The lowest BCUT2D eigenvalue weighted by Crippen LogP contribution is -2.62. The Morgan fingerprint density at radius 3 is 1.22 bits per heavy atom. The molecule has 6 heterocycles. The zero-order valence-corrected chi connectivity index (χ0v) is 31.5. The summed E-state index contributed by atoms with van der Waals surface area (Å²) in [7, 11) is 0. The first kappa shape index (κ1) is 46.5. The highest BCUT2D eigenvalue weighted by Crippen LogP contribution is 2.35. The van der Waals surface area contributed by atoms with Gasteiger partial charge >= 0.3 is 0 Å². The molecule has 24 heteroatoms. The standard InChI is InChI=1S/C34H58O24/c35-13(7-49-9-15-19(37)21(39)23(41)33(55-15)57-27-17-11-51-29(27)25(43)31(45)53-17)5-47-3-1-2-4-48-6-14(36)8-50-10-16-20(38)22(40)24(42)34(56-16)58-28-18-12-52-30(28)26(44)32(46)54-18/h13-46H,1-12H2. The van der Waals surface area contributed by atoms with E-state index in [1.807, 2.05) is 0 Å². The topological polar surface area (TPSA) is 354 Å². The van der Waals surface area contributed by atoms with E-state index in [1.165, 1.54) is 0 Å². The van der Waals surface area contributed by atoms with Gasteiger partial charge in [0.15, 0.2) is 25.2 Å². The fraction of sp³-hybridized carbons (Fsp3) is 1.00. The minimum Gasteiger partial charge on any atom is -0.388 e. The molecule has 0 saturated carbocycles. The van der Waals surface area contributed by atoms with Crippen molar-refractivity contribution in [2.24, 2.45) is 0 Å². The molecule has 12 N–H and O–H groups in total. The number of hydrogen-bond acceptors (Lipinski definition) is 24. The third kappa shape index (κ3) is 11.2. The Kier molecular flexibility index (Phi) is 17.2. The fourth-order valence-electron chi connectivity index (χ4n) is 7.43. The van der Waals surface area contributed by atoms with Crippen LogP contribution >= 0.6 is 0 Å². The minimum atomic E-state index is -1.66. The summed E-state index contributed by atoms with van der Waals surface area (Å²) in [5.74, 6) is 0. The van der Waals surface area contributed by atoms with E-state index in [2.05, 4.69) is 0 Å². The van der Waals surface area contributed by atoms with E-state index in [1.54, 1.807) is 0 Å². The summed E-state index contributed by atoms with van der Waals surface area (Å²) < 4.78 is 66.0. The second kappa shape index (κ2) is 21.4. The first-order valence-electron chi connectivity index (χ1n) is 19.4. The van der Waals surface area contributed by atoms with Gasteiger partial charge in [0.05, 0.1) is 52.9 Å². The van der Waals surface area contributed by atoms with Gasteiger partial charge in [0, 0.05) is 13.2 Å². The number of rotatable bonds is 21. The highest BCUT2D eigenvalue weighted by atomic mass is 16.8. The van der Waals surface area contributed by atoms with Gasteiger partial charge in [-0.2, -0.15) is 0 Å². The Morgan fingerprint density at radius 2 is 0.828 bits per heavy atom. The predicted octanol–water partition coefficient (Wildman–Crippen LogP) is -8.11. The third-order valence-corrected chi connectivity index (χ3v) is 10.7. The summed E-state index contributed by atoms with van der Waals surface area (Å²) >= 11 is 0. The molecule has 24 nitrogen and oxygen atoms in total. The van der Waals surface area contributed by atoms with Crippen LogP contribution in [0.4, 0.5) is 0 Å². The van der Waals surface area contributed by atoms with E-state index < -0.39 is 135 Å². The molecular formula is C34H58O24. The zero-order chi connectivity index (χ0) is 41.7. The van der Waals surface area contributed by atoms with Crippen molar-refractivity contribution >= 4 is 0 Å². The highest BCUT2D eigenvalue weighted by molar-refractivity contribution is 4.99. The third-order valence-electron chi connectivity index (χ3n) is 10.7. The number of aliphatic hydroxyl groups excluding tert-OH is 12. The van der Waals surface area contributed by atoms with Crippen molar-refractivity contribution in [3.63, 3.8) is 0 Å². The summed E-state index contributed by atoms with van der Waals surface area (Å²) in [6, 6.07) is 0. The van der Waals surface area contributed by atoms with Crippen molar-refractivity contribution < 1.29 is 118 Å². The van der Waals surface area contributed by atoms with Gasteiger partial charge < -0.3 is 118 Å². The van der Waals surface area contributed by atoms with Gasteiger partial charge in [0.1, 0.15) is 110 Å². The molecule has 6 fully saturated rings. The number of aliphatic hydroxyl groups is 12.